The minimum Gasteiger partial charge on any atom is -0.389 e. The van der Waals surface area contributed by atoms with Crippen LogP contribution in [0.5, 0.6) is 0 Å². The Morgan fingerprint density at radius 1 is 1.58 bits per heavy atom. The molecule has 1 aromatic rings. The van der Waals surface area contributed by atoms with Crippen LogP contribution in [0.25, 0.3) is 0 Å². The third-order valence-electron chi connectivity index (χ3n) is 3.09. The van der Waals surface area contributed by atoms with Gasteiger partial charge in [0.05, 0.1) is 18.2 Å². The highest BCUT2D eigenvalue weighted by molar-refractivity contribution is 5.91. The van der Waals surface area contributed by atoms with Crippen molar-refractivity contribution in [3.8, 4) is 0 Å². The van der Waals surface area contributed by atoms with E-state index in [0.29, 0.717) is 13.0 Å². The van der Waals surface area contributed by atoms with E-state index in [1.165, 1.54) is 11.8 Å². The van der Waals surface area contributed by atoms with E-state index < -0.39 is 23.6 Å². The van der Waals surface area contributed by atoms with Gasteiger partial charge >= 0.3 is 0 Å². The van der Waals surface area contributed by atoms with Crippen molar-refractivity contribution in [3.63, 3.8) is 0 Å². The lowest BCUT2D eigenvalue weighted by atomic mass is 10.0. The van der Waals surface area contributed by atoms with Crippen LogP contribution in [0.4, 0.5) is 0 Å². The van der Waals surface area contributed by atoms with Gasteiger partial charge in [0.25, 0.3) is 11.5 Å². The zero-order valence-corrected chi connectivity index (χ0v) is 10.4. The average molecular weight is 269 g/mol. The van der Waals surface area contributed by atoms with Gasteiger partial charge < -0.3 is 19.8 Å². The summed E-state index contributed by atoms with van der Waals surface area (Å²) in [5, 5.41) is 14.5. The molecule has 0 unspecified atom stereocenters. The molecule has 1 aliphatic heterocycles. The standard InChI is InChI=1S/C11H15N3O5/c1-6(15)14-3-2-7(8(16)5-14)12-11(18)9-4-10(17)13-19-9/h4,7-8,16H,2-3,5H2,1H3,(H,12,18)(H,13,17)/t7-,8-/m1/s1. The molecular weight excluding hydrogens is 254 g/mol. The first kappa shape index (κ1) is 13.3. The molecule has 19 heavy (non-hydrogen) atoms. The number of β-amino-alcohol motifs (C(OH)–C–C–N with tert-alkyl or cyclic N) is 1. The van der Waals surface area contributed by atoms with E-state index in [-0.39, 0.29) is 18.2 Å². The van der Waals surface area contributed by atoms with Crippen molar-refractivity contribution in [3.05, 3.63) is 22.2 Å². The Morgan fingerprint density at radius 3 is 2.84 bits per heavy atom. The molecule has 2 rings (SSSR count). The van der Waals surface area contributed by atoms with Crippen molar-refractivity contribution in [1.29, 1.82) is 0 Å². The molecule has 0 bridgehead atoms. The fourth-order valence-corrected chi connectivity index (χ4v) is 2.02. The minimum atomic E-state index is -0.840. The predicted molar refractivity (Wildman–Crippen MR) is 63.5 cm³/mol. The zero-order valence-electron chi connectivity index (χ0n) is 10.4. The number of aliphatic hydroxyl groups excluding tert-OH is 1. The summed E-state index contributed by atoms with van der Waals surface area (Å²) in [6.45, 7) is 2.08. The number of aliphatic hydroxyl groups is 1. The monoisotopic (exact) mass is 269 g/mol. The molecule has 2 atom stereocenters. The second-order valence-corrected chi connectivity index (χ2v) is 4.48. The average Bonchev–Trinajstić information content (AvgIpc) is 2.78. The van der Waals surface area contributed by atoms with E-state index in [2.05, 4.69) is 9.84 Å². The predicted octanol–water partition coefficient (Wildman–Crippen LogP) is -1.32. The highest BCUT2D eigenvalue weighted by atomic mass is 16.5. The lowest BCUT2D eigenvalue weighted by Crippen LogP contribution is -2.54. The number of piperidine rings is 1. The molecule has 0 aliphatic carbocycles. The van der Waals surface area contributed by atoms with Crippen LogP contribution in [-0.4, -0.2) is 52.2 Å². The number of hydrogen-bond donors (Lipinski definition) is 3. The van der Waals surface area contributed by atoms with Gasteiger partial charge in [-0.2, -0.15) is 5.16 Å². The van der Waals surface area contributed by atoms with E-state index in [1.807, 2.05) is 5.16 Å². The Morgan fingerprint density at radius 2 is 2.32 bits per heavy atom. The molecule has 2 amide bonds. The van der Waals surface area contributed by atoms with Crippen molar-refractivity contribution >= 4 is 11.8 Å². The fraction of sp³-hybridized carbons (Fsp3) is 0.545. The van der Waals surface area contributed by atoms with Crippen molar-refractivity contribution in [2.75, 3.05) is 13.1 Å². The van der Waals surface area contributed by atoms with Crippen LogP contribution in [0.1, 0.15) is 23.9 Å². The third kappa shape index (κ3) is 3.02. The lowest BCUT2D eigenvalue weighted by Gasteiger charge is -2.35. The lowest BCUT2D eigenvalue weighted by molar-refractivity contribution is -0.132. The van der Waals surface area contributed by atoms with E-state index in [4.69, 9.17) is 0 Å². The van der Waals surface area contributed by atoms with E-state index in [9.17, 15) is 19.5 Å². The Hall–Kier alpha value is -2.09. The number of rotatable bonds is 2. The molecule has 104 valence electrons. The maximum atomic E-state index is 11.7. The van der Waals surface area contributed by atoms with Crippen LogP contribution < -0.4 is 10.9 Å². The van der Waals surface area contributed by atoms with Crippen LogP contribution in [0, 0.1) is 0 Å². The molecule has 0 spiro atoms. The van der Waals surface area contributed by atoms with Gasteiger partial charge in [-0.25, -0.2) is 0 Å². The van der Waals surface area contributed by atoms with Crippen molar-refractivity contribution in [1.82, 2.24) is 15.4 Å². The first-order chi connectivity index (χ1) is 8.97. The van der Waals surface area contributed by atoms with Crippen LogP contribution >= 0.6 is 0 Å². The van der Waals surface area contributed by atoms with E-state index in [1.54, 1.807) is 0 Å². The molecule has 0 saturated carbocycles. The summed E-state index contributed by atoms with van der Waals surface area (Å²) in [5.74, 6) is -0.815. The van der Waals surface area contributed by atoms with Gasteiger partial charge in [0.2, 0.25) is 11.7 Å². The third-order valence-corrected chi connectivity index (χ3v) is 3.09. The van der Waals surface area contributed by atoms with Crippen molar-refractivity contribution in [2.45, 2.75) is 25.5 Å². The smallest absolute Gasteiger partial charge is 0.290 e. The number of hydrogen-bond acceptors (Lipinski definition) is 5. The number of amides is 2. The molecular formula is C11H15N3O5. The normalized spacial score (nSPS) is 23.2. The van der Waals surface area contributed by atoms with Crippen LogP contribution in [-0.2, 0) is 4.79 Å². The molecule has 1 aromatic heterocycles. The van der Waals surface area contributed by atoms with Gasteiger partial charge in [-0.3, -0.25) is 14.4 Å². The Balaban J connectivity index is 1.95. The summed E-state index contributed by atoms with van der Waals surface area (Å²) in [7, 11) is 0. The highest BCUT2D eigenvalue weighted by Crippen LogP contribution is 2.12. The van der Waals surface area contributed by atoms with Gasteiger partial charge in [-0.05, 0) is 6.42 Å². The molecule has 1 saturated heterocycles. The number of H-pyrrole nitrogens is 1. The number of nitrogens with one attached hydrogen (secondary N) is 2. The summed E-state index contributed by atoms with van der Waals surface area (Å²) < 4.78 is 4.67. The number of aromatic nitrogens is 1. The summed E-state index contributed by atoms with van der Waals surface area (Å²) in [6.07, 6.45) is -0.395. The van der Waals surface area contributed by atoms with Gasteiger partial charge in [-0.15, -0.1) is 0 Å². The van der Waals surface area contributed by atoms with Crippen LogP contribution in [0.2, 0.25) is 0 Å². The zero-order chi connectivity index (χ0) is 14.0. The summed E-state index contributed by atoms with van der Waals surface area (Å²) in [4.78, 5) is 35.3. The maximum Gasteiger partial charge on any atom is 0.290 e. The maximum absolute atomic E-state index is 11.7. The Kier molecular flexibility index (Phi) is 3.70. The number of carbonyl (C=O) groups excluding carboxylic acids is 2. The molecule has 1 fully saturated rings. The quantitative estimate of drug-likeness (QED) is 0.616. The summed E-state index contributed by atoms with van der Waals surface area (Å²) >= 11 is 0. The van der Waals surface area contributed by atoms with Crippen molar-refractivity contribution < 1.29 is 19.2 Å². The first-order valence-electron chi connectivity index (χ1n) is 5.90. The highest BCUT2D eigenvalue weighted by Gasteiger charge is 2.30. The molecule has 8 heteroatoms. The fourth-order valence-electron chi connectivity index (χ4n) is 2.02. The van der Waals surface area contributed by atoms with E-state index >= 15 is 0 Å². The Labute approximate surface area is 108 Å². The van der Waals surface area contributed by atoms with Crippen LogP contribution in [0.3, 0.4) is 0 Å². The van der Waals surface area contributed by atoms with Gasteiger partial charge in [-0.1, -0.05) is 0 Å². The number of nitrogens with zero attached hydrogens (tertiary/aromatic N) is 1. The largest absolute Gasteiger partial charge is 0.389 e. The van der Waals surface area contributed by atoms with Crippen molar-refractivity contribution in [2.24, 2.45) is 0 Å². The van der Waals surface area contributed by atoms with Gasteiger partial charge in [0, 0.05) is 20.0 Å². The molecule has 2 heterocycles. The summed E-state index contributed by atoms with van der Waals surface area (Å²) in [5.41, 5.74) is -0.503. The molecule has 0 radical (unpaired) electrons. The SMILES string of the molecule is CC(=O)N1CC[C@@H](NC(=O)c2cc(=O)[nH]o2)[C@H](O)C1. The topological polar surface area (TPSA) is 116 Å². The number of likely N-dealkylation sites (tertiary alicyclic amines) is 1. The molecule has 3 N–H and O–H groups in total. The second-order valence-electron chi connectivity index (χ2n) is 4.48. The minimum absolute atomic E-state index is 0.111. The number of aromatic amines is 1. The second kappa shape index (κ2) is 5.27. The molecule has 0 aromatic carbocycles. The summed E-state index contributed by atoms with van der Waals surface area (Å²) in [6, 6.07) is 0.565. The number of carbonyl (C=O) groups is 2. The van der Waals surface area contributed by atoms with Gasteiger partial charge in [0.15, 0.2) is 0 Å². The Bertz CT molecular complexity index is 534. The van der Waals surface area contributed by atoms with Crippen LogP contribution in [0.15, 0.2) is 15.4 Å². The van der Waals surface area contributed by atoms with E-state index in [0.717, 1.165) is 6.07 Å². The molecule has 8 nitrogen and oxygen atoms in total. The molecule has 1 aliphatic rings. The van der Waals surface area contributed by atoms with Gasteiger partial charge in [0.1, 0.15) is 0 Å². The first-order valence-corrected chi connectivity index (χ1v) is 5.90.